The average Bonchev–Trinajstić information content (AvgIpc) is 3.17. The van der Waals surface area contributed by atoms with E-state index in [-0.39, 0.29) is 25.6 Å². The first kappa shape index (κ1) is 17.8. The zero-order valence-electron chi connectivity index (χ0n) is 13.8. The molecule has 0 aliphatic carbocycles. The number of aliphatic hydroxyl groups excluding tert-OH is 2. The van der Waals surface area contributed by atoms with Crippen LogP contribution in [0, 0.1) is 0 Å². The van der Waals surface area contributed by atoms with Crippen LogP contribution in [0.1, 0.15) is 12.7 Å². The average molecular weight is 362 g/mol. The Morgan fingerprint density at radius 1 is 0.920 bits per heavy atom. The molecular weight excluding hydrogens is 342 g/mol. The van der Waals surface area contributed by atoms with E-state index < -0.39 is 5.54 Å². The number of para-hydroxylation sites is 1. The van der Waals surface area contributed by atoms with Crippen molar-refractivity contribution in [3.8, 4) is 0 Å². The lowest BCUT2D eigenvalue weighted by molar-refractivity contribution is 0.101. The van der Waals surface area contributed by atoms with Gasteiger partial charge in [-0.25, -0.2) is 0 Å². The summed E-state index contributed by atoms with van der Waals surface area (Å²) in [5.41, 5.74) is 1.76. The van der Waals surface area contributed by atoms with Gasteiger partial charge in [0.25, 0.3) is 0 Å². The highest BCUT2D eigenvalue weighted by molar-refractivity contribution is 6.09. The Kier molecular flexibility index (Phi) is 4.75. The molecule has 0 spiro atoms. The summed E-state index contributed by atoms with van der Waals surface area (Å²) in [4.78, 5) is 0. The van der Waals surface area contributed by atoms with Gasteiger partial charge in [0.15, 0.2) is 0 Å². The summed E-state index contributed by atoms with van der Waals surface area (Å²) in [6.45, 7) is 1.88. The zero-order chi connectivity index (χ0) is 16.7. The maximum atomic E-state index is 9.34. The van der Waals surface area contributed by atoms with Gasteiger partial charge in [0.2, 0.25) is 0 Å². The molecule has 0 atom stereocenters. The van der Waals surface area contributed by atoms with Gasteiger partial charge < -0.3 is 24.4 Å². The van der Waals surface area contributed by atoms with E-state index in [0.717, 1.165) is 38.7 Å². The van der Waals surface area contributed by atoms with Crippen LogP contribution in [0.3, 0.4) is 0 Å². The van der Waals surface area contributed by atoms with Crippen molar-refractivity contribution in [3.63, 3.8) is 0 Å². The van der Waals surface area contributed by atoms with Crippen LogP contribution < -0.4 is 5.32 Å². The molecule has 0 radical (unpaired) electrons. The monoisotopic (exact) mass is 361 g/mol. The Hall–Kier alpha value is -2.05. The summed E-state index contributed by atoms with van der Waals surface area (Å²) in [7, 11) is 0. The first-order valence-corrected chi connectivity index (χ1v) is 7.92. The second-order valence-corrected chi connectivity index (χ2v) is 6.43. The van der Waals surface area contributed by atoms with Crippen LogP contribution in [0.2, 0.25) is 0 Å². The second kappa shape index (κ2) is 6.69. The van der Waals surface area contributed by atoms with Gasteiger partial charge in [0.05, 0.1) is 25.3 Å². The number of halogens is 1. The standard InChI is InChI=1S/C19H19NO4.ClH/c1-19(10-21,11-22)20-9-13-6-12-7-18-15(8-17(12)23-13)14-4-2-3-5-16(14)24-18;/h2-8,20-22H,9-11H2,1H3;1H. The molecule has 132 valence electrons. The molecular formula is C19H20ClNO4. The van der Waals surface area contributed by atoms with Gasteiger partial charge >= 0.3 is 0 Å². The molecule has 0 saturated carbocycles. The quantitative estimate of drug-likeness (QED) is 0.506. The van der Waals surface area contributed by atoms with E-state index in [0.29, 0.717) is 6.54 Å². The molecule has 0 aliphatic heterocycles. The van der Waals surface area contributed by atoms with Crippen LogP contribution in [0.4, 0.5) is 0 Å². The first-order valence-electron chi connectivity index (χ1n) is 7.92. The predicted molar refractivity (Wildman–Crippen MR) is 100 cm³/mol. The van der Waals surface area contributed by atoms with Crippen molar-refractivity contribution >= 4 is 45.3 Å². The molecule has 6 heteroatoms. The molecule has 0 aliphatic rings. The summed E-state index contributed by atoms with van der Waals surface area (Å²) in [6, 6.07) is 13.9. The Labute approximate surface area is 150 Å². The van der Waals surface area contributed by atoms with Crippen molar-refractivity contribution < 1.29 is 19.0 Å². The molecule has 25 heavy (non-hydrogen) atoms. The summed E-state index contributed by atoms with van der Waals surface area (Å²) < 4.78 is 11.8. The van der Waals surface area contributed by atoms with Crippen LogP contribution in [0.15, 0.2) is 51.3 Å². The van der Waals surface area contributed by atoms with Crippen LogP contribution in [0.5, 0.6) is 0 Å². The van der Waals surface area contributed by atoms with E-state index in [9.17, 15) is 10.2 Å². The molecule has 3 N–H and O–H groups in total. The minimum atomic E-state index is -0.733. The van der Waals surface area contributed by atoms with Crippen LogP contribution in [-0.2, 0) is 6.54 Å². The van der Waals surface area contributed by atoms with Crippen molar-refractivity contribution in [2.75, 3.05) is 13.2 Å². The van der Waals surface area contributed by atoms with Crippen molar-refractivity contribution in [1.29, 1.82) is 0 Å². The van der Waals surface area contributed by atoms with E-state index in [1.807, 2.05) is 42.5 Å². The van der Waals surface area contributed by atoms with Gasteiger partial charge in [-0.05, 0) is 31.2 Å². The van der Waals surface area contributed by atoms with Crippen LogP contribution in [0.25, 0.3) is 32.9 Å². The second-order valence-electron chi connectivity index (χ2n) is 6.43. The van der Waals surface area contributed by atoms with Gasteiger partial charge in [-0.2, -0.15) is 0 Å². The SMILES string of the molecule is CC(CO)(CO)NCc1cc2cc3oc4ccccc4c3cc2o1.Cl. The fourth-order valence-corrected chi connectivity index (χ4v) is 2.86. The topological polar surface area (TPSA) is 78.8 Å². The number of furan rings is 2. The number of hydrogen-bond donors (Lipinski definition) is 3. The lowest BCUT2D eigenvalue weighted by atomic mass is 10.1. The number of rotatable bonds is 5. The van der Waals surface area contributed by atoms with E-state index in [1.165, 1.54) is 0 Å². The van der Waals surface area contributed by atoms with Crippen molar-refractivity contribution in [1.82, 2.24) is 5.32 Å². The number of aliphatic hydroxyl groups is 2. The molecule has 0 bridgehead atoms. The summed E-state index contributed by atoms with van der Waals surface area (Å²) in [6.07, 6.45) is 0. The van der Waals surface area contributed by atoms with Gasteiger partial charge in [-0.1, -0.05) is 18.2 Å². The van der Waals surface area contributed by atoms with E-state index >= 15 is 0 Å². The lowest BCUT2D eigenvalue weighted by Gasteiger charge is -2.25. The minimum absolute atomic E-state index is 0. The fraction of sp³-hybridized carbons (Fsp3) is 0.263. The highest BCUT2D eigenvalue weighted by Gasteiger charge is 2.22. The highest BCUT2D eigenvalue weighted by atomic mass is 35.5. The van der Waals surface area contributed by atoms with Gasteiger partial charge in [0.1, 0.15) is 22.5 Å². The molecule has 2 aromatic heterocycles. The lowest BCUT2D eigenvalue weighted by Crippen LogP contribution is -2.48. The molecule has 2 heterocycles. The van der Waals surface area contributed by atoms with E-state index in [4.69, 9.17) is 8.83 Å². The van der Waals surface area contributed by atoms with Crippen molar-refractivity contribution in [2.24, 2.45) is 0 Å². The molecule has 5 nitrogen and oxygen atoms in total. The summed E-state index contributed by atoms with van der Waals surface area (Å²) in [5, 5.41) is 24.9. The summed E-state index contributed by atoms with van der Waals surface area (Å²) in [5.74, 6) is 0.745. The first-order chi connectivity index (χ1) is 11.6. The van der Waals surface area contributed by atoms with Gasteiger partial charge in [-0.3, -0.25) is 0 Å². The van der Waals surface area contributed by atoms with Crippen LogP contribution in [-0.4, -0.2) is 29.0 Å². The Morgan fingerprint density at radius 3 is 2.44 bits per heavy atom. The minimum Gasteiger partial charge on any atom is -0.460 e. The molecule has 4 rings (SSSR count). The normalized spacial score (nSPS) is 12.1. The smallest absolute Gasteiger partial charge is 0.136 e. The third kappa shape index (κ3) is 3.12. The molecule has 0 fully saturated rings. The molecule has 0 unspecified atom stereocenters. The van der Waals surface area contributed by atoms with Gasteiger partial charge in [0, 0.05) is 16.2 Å². The Balaban J connectivity index is 0.00000182. The molecule has 2 aromatic carbocycles. The van der Waals surface area contributed by atoms with Gasteiger partial charge in [-0.15, -0.1) is 12.4 Å². The van der Waals surface area contributed by atoms with E-state index in [1.54, 1.807) is 6.92 Å². The third-order valence-corrected chi connectivity index (χ3v) is 4.45. The zero-order valence-corrected chi connectivity index (χ0v) is 14.6. The third-order valence-electron chi connectivity index (χ3n) is 4.45. The molecule has 0 saturated heterocycles. The predicted octanol–water partition coefficient (Wildman–Crippen LogP) is 3.59. The Morgan fingerprint density at radius 2 is 1.68 bits per heavy atom. The van der Waals surface area contributed by atoms with Crippen LogP contribution >= 0.6 is 12.4 Å². The fourth-order valence-electron chi connectivity index (χ4n) is 2.86. The maximum absolute atomic E-state index is 9.34. The number of fused-ring (bicyclic) bond motifs is 4. The largest absolute Gasteiger partial charge is 0.460 e. The molecule has 4 aromatic rings. The number of nitrogens with one attached hydrogen (secondary N) is 1. The highest BCUT2D eigenvalue weighted by Crippen LogP contribution is 2.33. The van der Waals surface area contributed by atoms with Crippen molar-refractivity contribution in [2.45, 2.75) is 19.0 Å². The number of hydrogen-bond acceptors (Lipinski definition) is 5. The molecule has 0 amide bonds. The number of benzene rings is 2. The van der Waals surface area contributed by atoms with Crippen molar-refractivity contribution in [3.05, 3.63) is 48.2 Å². The summed E-state index contributed by atoms with van der Waals surface area (Å²) >= 11 is 0. The van der Waals surface area contributed by atoms with E-state index in [2.05, 4.69) is 5.32 Å². The Bertz CT molecular complexity index is 1020. The maximum Gasteiger partial charge on any atom is 0.136 e.